The van der Waals surface area contributed by atoms with E-state index in [4.69, 9.17) is 0 Å². The maximum Gasteiger partial charge on any atom is 0.230 e. The Labute approximate surface area is 132 Å². The van der Waals surface area contributed by atoms with Crippen LogP contribution in [0.5, 0.6) is 0 Å². The Hall–Kier alpha value is -2.35. The third-order valence-electron chi connectivity index (χ3n) is 4.30. The molecule has 22 heavy (non-hydrogen) atoms. The predicted octanol–water partition coefficient (Wildman–Crippen LogP) is 3.89. The summed E-state index contributed by atoms with van der Waals surface area (Å²) in [5.74, 6) is 0.159. The topological polar surface area (TPSA) is 20.3 Å². The average molecular weight is 291 g/mol. The van der Waals surface area contributed by atoms with Gasteiger partial charge in [0.2, 0.25) is 5.91 Å². The van der Waals surface area contributed by atoms with E-state index in [9.17, 15) is 4.79 Å². The molecule has 0 aliphatic carbocycles. The first-order valence-corrected chi connectivity index (χ1v) is 7.80. The minimum atomic E-state index is -0.0661. The summed E-state index contributed by atoms with van der Waals surface area (Å²) < 4.78 is 0. The van der Waals surface area contributed by atoms with E-state index in [-0.39, 0.29) is 11.8 Å². The van der Waals surface area contributed by atoms with Crippen molar-refractivity contribution in [1.82, 2.24) is 4.90 Å². The molecule has 2 aromatic carbocycles. The van der Waals surface area contributed by atoms with Crippen molar-refractivity contribution in [3.63, 3.8) is 0 Å². The van der Waals surface area contributed by atoms with Crippen molar-refractivity contribution in [3.05, 3.63) is 77.4 Å². The second kappa shape index (κ2) is 6.61. The van der Waals surface area contributed by atoms with Crippen LogP contribution in [0.2, 0.25) is 0 Å². The van der Waals surface area contributed by atoms with Gasteiger partial charge in [-0.25, -0.2) is 0 Å². The van der Waals surface area contributed by atoms with E-state index in [0.29, 0.717) is 0 Å². The number of likely N-dealkylation sites (N-methyl/N-ethyl adjacent to an activating group) is 1. The zero-order valence-corrected chi connectivity index (χ0v) is 12.9. The minimum Gasteiger partial charge on any atom is -0.345 e. The van der Waals surface area contributed by atoms with Crippen molar-refractivity contribution < 1.29 is 4.79 Å². The van der Waals surface area contributed by atoms with E-state index in [1.165, 1.54) is 16.7 Å². The van der Waals surface area contributed by atoms with Crippen molar-refractivity contribution >= 4 is 12.0 Å². The smallest absolute Gasteiger partial charge is 0.230 e. The first-order valence-electron chi connectivity index (χ1n) is 7.80. The molecule has 0 aromatic heterocycles. The largest absolute Gasteiger partial charge is 0.345 e. The maximum atomic E-state index is 12.6. The number of benzene rings is 2. The highest BCUT2D eigenvalue weighted by Crippen LogP contribution is 2.29. The third-order valence-corrected chi connectivity index (χ3v) is 4.30. The van der Waals surface area contributed by atoms with Gasteiger partial charge in [0.25, 0.3) is 0 Å². The molecule has 2 aromatic rings. The molecule has 0 bridgehead atoms. The van der Waals surface area contributed by atoms with Crippen LogP contribution in [-0.2, 0) is 11.2 Å². The van der Waals surface area contributed by atoms with Crippen molar-refractivity contribution in [3.8, 4) is 0 Å². The Morgan fingerprint density at radius 1 is 1.09 bits per heavy atom. The normalized spacial score (nSPS) is 18.3. The summed E-state index contributed by atoms with van der Waals surface area (Å²) in [6.07, 6.45) is 5.90. The van der Waals surface area contributed by atoms with Gasteiger partial charge in [0.05, 0.1) is 5.92 Å². The summed E-state index contributed by atoms with van der Waals surface area (Å²) in [5, 5.41) is 0. The van der Waals surface area contributed by atoms with Crippen LogP contribution in [0.15, 0.2) is 60.7 Å². The van der Waals surface area contributed by atoms with Crippen LogP contribution in [-0.4, -0.2) is 24.4 Å². The molecule has 112 valence electrons. The molecule has 1 aliphatic heterocycles. The standard InChI is InChI=1S/C20H21NO/c1-21-15-14-17-11-5-6-12-18(17)19(20(21)22)13-7-10-16-8-3-2-4-9-16/h2-12,19H,13-15H2,1H3/b10-7+/t19-/m1/s1. The van der Waals surface area contributed by atoms with E-state index >= 15 is 0 Å². The number of allylic oxidation sites excluding steroid dienone is 1. The summed E-state index contributed by atoms with van der Waals surface area (Å²) in [4.78, 5) is 14.5. The second-order valence-electron chi connectivity index (χ2n) is 5.81. The monoisotopic (exact) mass is 291 g/mol. The van der Waals surface area contributed by atoms with Gasteiger partial charge in [0.1, 0.15) is 0 Å². The zero-order chi connectivity index (χ0) is 15.4. The van der Waals surface area contributed by atoms with Crippen molar-refractivity contribution in [2.75, 3.05) is 13.6 Å². The molecule has 0 saturated carbocycles. The third kappa shape index (κ3) is 3.11. The fourth-order valence-corrected chi connectivity index (χ4v) is 3.03. The molecule has 0 N–H and O–H groups in total. The lowest BCUT2D eigenvalue weighted by molar-refractivity contribution is -0.131. The van der Waals surface area contributed by atoms with E-state index in [0.717, 1.165) is 19.4 Å². The number of hydrogen-bond acceptors (Lipinski definition) is 1. The van der Waals surface area contributed by atoms with E-state index in [1.807, 2.05) is 36.2 Å². The SMILES string of the molecule is CN1CCc2ccccc2[C@@H](C/C=C/c2ccccc2)C1=O. The van der Waals surface area contributed by atoms with Crippen LogP contribution < -0.4 is 0 Å². The number of carbonyl (C=O) groups excluding carboxylic acids is 1. The van der Waals surface area contributed by atoms with Gasteiger partial charge in [-0.3, -0.25) is 4.79 Å². The number of rotatable bonds is 3. The molecule has 0 spiro atoms. The van der Waals surface area contributed by atoms with Gasteiger partial charge >= 0.3 is 0 Å². The molecule has 1 amide bonds. The molecule has 1 atom stereocenters. The first-order chi connectivity index (χ1) is 10.8. The van der Waals surface area contributed by atoms with Gasteiger partial charge in [-0.15, -0.1) is 0 Å². The Morgan fingerprint density at radius 2 is 1.82 bits per heavy atom. The lowest BCUT2D eigenvalue weighted by Gasteiger charge is -2.19. The number of fused-ring (bicyclic) bond motifs is 1. The summed E-state index contributed by atoms with van der Waals surface area (Å²) in [5.41, 5.74) is 3.66. The highest BCUT2D eigenvalue weighted by molar-refractivity contribution is 5.85. The van der Waals surface area contributed by atoms with Crippen molar-refractivity contribution in [1.29, 1.82) is 0 Å². The van der Waals surface area contributed by atoms with Crippen LogP contribution in [0, 0.1) is 0 Å². The lowest BCUT2D eigenvalue weighted by Crippen LogP contribution is -2.30. The summed E-state index contributed by atoms with van der Waals surface area (Å²) in [6, 6.07) is 18.6. The Kier molecular flexibility index (Phi) is 4.38. The molecule has 2 nitrogen and oxygen atoms in total. The Balaban J connectivity index is 1.84. The van der Waals surface area contributed by atoms with E-state index in [2.05, 4.69) is 42.5 Å². The molecule has 0 unspecified atom stereocenters. The molecule has 0 radical (unpaired) electrons. The predicted molar refractivity (Wildman–Crippen MR) is 90.6 cm³/mol. The molecule has 1 heterocycles. The highest BCUT2D eigenvalue weighted by atomic mass is 16.2. The molecule has 2 heteroatoms. The van der Waals surface area contributed by atoms with Crippen molar-refractivity contribution in [2.24, 2.45) is 0 Å². The molecular weight excluding hydrogens is 270 g/mol. The molecule has 0 saturated heterocycles. The minimum absolute atomic E-state index is 0.0661. The number of nitrogens with zero attached hydrogens (tertiary/aromatic N) is 1. The van der Waals surface area contributed by atoms with Crippen LogP contribution in [0.25, 0.3) is 6.08 Å². The average Bonchev–Trinajstić information content (AvgIpc) is 2.68. The van der Waals surface area contributed by atoms with Gasteiger partial charge in [-0.1, -0.05) is 66.7 Å². The molecule has 3 rings (SSSR count). The maximum absolute atomic E-state index is 12.6. The van der Waals surface area contributed by atoms with E-state index in [1.54, 1.807) is 0 Å². The second-order valence-corrected chi connectivity index (χ2v) is 5.81. The van der Waals surface area contributed by atoms with Gasteiger partial charge in [-0.2, -0.15) is 0 Å². The van der Waals surface area contributed by atoms with Gasteiger partial charge in [0.15, 0.2) is 0 Å². The lowest BCUT2D eigenvalue weighted by atomic mass is 9.90. The van der Waals surface area contributed by atoms with Crippen LogP contribution in [0.3, 0.4) is 0 Å². The summed E-state index contributed by atoms with van der Waals surface area (Å²) in [7, 11) is 1.90. The van der Waals surface area contributed by atoms with Crippen molar-refractivity contribution in [2.45, 2.75) is 18.8 Å². The van der Waals surface area contributed by atoms with Crippen LogP contribution >= 0.6 is 0 Å². The van der Waals surface area contributed by atoms with Gasteiger partial charge in [-0.05, 0) is 29.5 Å². The van der Waals surface area contributed by atoms with Crippen LogP contribution in [0.1, 0.15) is 29.0 Å². The fraction of sp³-hybridized carbons (Fsp3) is 0.250. The molecule has 0 fully saturated rings. The number of carbonyl (C=O) groups is 1. The Morgan fingerprint density at radius 3 is 2.64 bits per heavy atom. The van der Waals surface area contributed by atoms with Crippen LogP contribution in [0.4, 0.5) is 0 Å². The fourth-order valence-electron chi connectivity index (χ4n) is 3.03. The summed E-state index contributed by atoms with van der Waals surface area (Å²) in [6.45, 7) is 0.800. The number of hydrogen-bond donors (Lipinski definition) is 0. The Bertz CT molecular complexity index is 675. The van der Waals surface area contributed by atoms with E-state index < -0.39 is 0 Å². The first kappa shape index (κ1) is 14.6. The number of amides is 1. The quantitative estimate of drug-likeness (QED) is 0.840. The highest BCUT2D eigenvalue weighted by Gasteiger charge is 2.27. The van der Waals surface area contributed by atoms with Gasteiger partial charge in [0, 0.05) is 13.6 Å². The zero-order valence-electron chi connectivity index (χ0n) is 12.9. The molecule has 1 aliphatic rings. The van der Waals surface area contributed by atoms with Gasteiger partial charge < -0.3 is 4.90 Å². The molecular formula is C20H21NO. The summed E-state index contributed by atoms with van der Waals surface area (Å²) >= 11 is 0.